The summed E-state index contributed by atoms with van der Waals surface area (Å²) in [5.41, 5.74) is 10.3. The first-order valence-electron chi connectivity index (χ1n) is 7.12. The highest BCUT2D eigenvalue weighted by Gasteiger charge is 2.19. The van der Waals surface area contributed by atoms with Crippen molar-refractivity contribution in [1.29, 1.82) is 0 Å². The molecule has 0 radical (unpaired) electrons. The summed E-state index contributed by atoms with van der Waals surface area (Å²) in [4.78, 5) is 0. The van der Waals surface area contributed by atoms with E-state index in [1.807, 2.05) is 50.2 Å². The Morgan fingerprint density at radius 1 is 1.19 bits per heavy atom. The van der Waals surface area contributed by atoms with Crippen LogP contribution in [0.3, 0.4) is 0 Å². The lowest BCUT2D eigenvalue weighted by Gasteiger charge is -2.03. The Balaban J connectivity index is 2.21. The molecule has 4 nitrogen and oxygen atoms in total. The second-order valence-electron chi connectivity index (χ2n) is 5.14. The van der Waals surface area contributed by atoms with Crippen LogP contribution in [0.1, 0.15) is 24.0 Å². The molecule has 0 bridgehead atoms. The molecule has 0 aliphatic rings. The molecule has 0 atom stereocenters. The number of aromatic nitrogens is 2. The van der Waals surface area contributed by atoms with Gasteiger partial charge in [-0.15, -0.1) is 0 Å². The number of hydrogen-bond acceptors (Lipinski definition) is 3. The van der Waals surface area contributed by atoms with Crippen LogP contribution in [0.25, 0.3) is 16.9 Å². The van der Waals surface area contributed by atoms with Crippen molar-refractivity contribution in [3.8, 4) is 16.9 Å². The zero-order valence-corrected chi connectivity index (χ0v) is 12.6. The predicted octanol–water partition coefficient (Wildman–Crippen LogP) is 3.89. The molecule has 0 amide bonds. The zero-order valence-electron chi connectivity index (χ0n) is 12.6. The summed E-state index contributed by atoms with van der Waals surface area (Å²) in [5, 5.41) is 4.73. The van der Waals surface area contributed by atoms with Crippen molar-refractivity contribution in [2.75, 3.05) is 5.73 Å². The van der Waals surface area contributed by atoms with E-state index in [1.165, 1.54) is 0 Å². The Hall–Kier alpha value is -2.49. The van der Waals surface area contributed by atoms with Gasteiger partial charge >= 0.3 is 0 Å². The molecule has 3 aromatic rings. The van der Waals surface area contributed by atoms with Crippen LogP contribution in [0.4, 0.5) is 5.82 Å². The second-order valence-corrected chi connectivity index (χ2v) is 5.14. The lowest BCUT2D eigenvalue weighted by molar-refractivity contribution is 0.505. The highest BCUT2D eigenvalue weighted by Crippen LogP contribution is 2.33. The largest absolute Gasteiger partial charge is 0.466 e. The van der Waals surface area contributed by atoms with Crippen molar-refractivity contribution in [2.45, 2.75) is 27.2 Å². The molecule has 1 aromatic carbocycles. The molecule has 0 unspecified atom stereocenters. The minimum atomic E-state index is 0.692. The maximum absolute atomic E-state index is 6.31. The van der Waals surface area contributed by atoms with Gasteiger partial charge in [-0.1, -0.05) is 25.1 Å². The lowest BCUT2D eigenvalue weighted by Crippen LogP contribution is -2.02. The average Bonchev–Trinajstić information content (AvgIpc) is 2.99. The summed E-state index contributed by atoms with van der Waals surface area (Å²) in [6.07, 6.45) is 0.831. The second kappa shape index (κ2) is 5.13. The fraction of sp³-hybridized carbons (Fsp3) is 0.235. The average molecular weight is 281 g/mol. The Kier molecular flexibility index (Phi) is 3.29. The number of nitrogens with zero attached hydrogens (tertiary/aromatic N) is 2. The maximum Gasteiger partial charge on any atom is 0.131 e. The first-order chi connectivity index (χ1) is 10.1. The van der Waals surface area contributed by atoms with E-state index in [2.05, 4.69) is 6.92 Å². The maximum atomic E-state index is 6.31. The molecule has 0 spiro atoms. The van der Waals surface area contributed by atoms with Crippen molar-refractivity contribution in [2.24, 2.45) is 0 Å². The van der Waals surface area contributed by atoms with Crippen molar-refractivity contribution in [3.63, 3.8) is 0 Å². The Morgan fingerprint density at radius 3 is 2.48 bits per heavy atom. The third-order valence-corrected chi connectivity index (χ3v) is 3.67. The smallest absolute Gasteiger partial charge is 0.131 e. The molecular weight excluding hydrogens is 262 g/mol. The quantitative estimate of drug-likeness (QED) is 0.792. The minimum absolute atomic E-state index is 0.692. The fourth-order valence-electron chi connectivity index (χ4n) is 2.66. The van der Waals surface area contributed by atoms with Gasteiger partial charge in [0.2, 0.25) is 0 Å². The topological polar surface area (TPSA) is 57.0 Å². The van der Waals surface area contributed by atoms with Crippen molar-refractivity contribution in [3.05, 3.63) is 53.5 Å². The molecule has 0 saturated heterocycles. The number of para-hydroxylation sites is 1. The van der Waals surface area contributed by atoms with Gasteiger partial charge in [0.15, 0.2) is 0 Å². The molecule has 0 fully saturated rings. The van der Waals surface area contributed by atoms with Crippen LogP contribution in [0.15, 0.2) is 40.8 Å². The van der Waals surface area contributed by atoms with E-state index >= 15 is 0 Å². The monoisotopic (exact) mass is 281 g/mol. The van der Waals surface area contributed by atoms with Crippen molar-refractivity contribution >= 4 is 5.82 Å². The molecule has 3 rings (SSSR count). The molecule has 0 saturated carbocycles. The molecule has 108 valence electrons. The van der Waals surface area contributed by atoms with E-state index in [1.54, 1.807) is 4.68 Å². The predicted molar refractivity (Wildman–Crippen MR) is 84.5 cm³/mol. The van der Waals surface area contributed by atoms with E-state index in [4.69, 9.17) is 15.2 Å². The van der Waals surface area contributed by atoms with Crippen LogP contribution in [0, 0.1) is 13.8 Å². The van der Waals surface area contributed by atoms with Gasteiger partial charge in [-0.25, -0.2) is 4.68 Å². The van der Waals surface area contributed by atoms with Gasteiger partial charge in [-0.2, -0.15) is 5.10 Å². The molecule has 0 aliphatic heterocycles. The third-order valence-electron chi connectivity index (χ3n) is 3.67. The van der Waals surface area contributed by atoms with Gasteiger partial charge in [-0.05, 0) is 38.5 Å². The number of anilines is 1. The van der Waals surface area contributed by atoms with Crippen LogP contribution < -0.4 is 5.73 Å². The van der Waals surface area contributed by atoms with Crippen LogP contribution in [-0.2, 0) is 6.42 Å². The lowest BCUT2D eigenvalue weighted by atomic mass is 10.1. The number of hydrogen-bond donors (Lipinski definition) is 1. The number of furan rings is 1. The van der Waals surface area contributed by atoms with Crippen LogP contribution >= 0.6 is 0 Å². The van der Waals surface area contributed by atoms with Crippen LogP contribution in [-0.4, -0.2) is 9.78 Å². The summed E-state index contributed by atoms with van der Waals surface area (Å²) in [5.74, 6) is 2.45. The molecule has 4 heteroatoms. The first-order valence-corrected chi connectivity index (χ1v) is 7.12. The number of nitrogens with two attached hydrogens (primary N) is 1. The van der Waals surface area contributed by atoms with Crippen LogP contribution in [0.2, 0.25) is 0 Å². The summed E-state index contributed by atoms with van der Waals surface area (Å²) in [6.45, 7) is 5.99. The highest BCUT2D eigenvalue weighted by atomic mass is 16.3. The molecule has 0 aliphatic carbocycles. The summed E-state index contributed by atoms with van der Waals surface area (Å²) in [6, 6.07) is 12.0. The zero-order chi connectivity index (χ0) is 15.0. The normalized spacial score (nSPS) is 11.0. The highest BCUT2D eigenvalue weighted by molar-refractivity contribution is 5.71. The minimum Gasteiger partial charge on any atom is -0.466 e. The van der Waals surface area contributed by atoms with Gasteiger partial charge in [0, 0.05) is 11.1 Å². The van der Waals surface area contributed by atoms with Gasteiger partial charge in [0.05, 0.1) is 5.69 Å². The molecule has 2 N–H and O–H groups in total. The Labute approximate surface area is 124 Å². The number of rotatable bonds is 3. The molecular formula is C17H19N3O. The summed E-state index contributed by atoms with van der Waals surface area (Å²) < 4.78 is 7.43. The Bertz CT molecular complexity index is 769. The van der Waals surface area contributed by atoms with Crippen molar-refractivity contribution < 1.29 is 4.42 Å². The van der Waals surface area contributed by atoms with E-state index in [0.717, 1.165) is 40.4 Å². The van der Waals surface area contributed by atoms with E-state index in [-0.39, 0.29) is 0 Å². The molecule has 2 aromatic heterocycles. The molecule has 21 heavy (non-hydrogen) atoms. The number of aryl methyl sites for hydroxylation is 2. The van der Waals surface area contributed by atoms with Gasteiger partial charge in [0.25, 0.3) is 0 Å². The third kappa shape index (κ3) is 2.23. The number of nitrogen functional groups attached to an aromatic ring is 1. The van der Waals surface area contributed by atoms with E-state index in [0.29, 0.717) is 5.82 Å². The van der Waals surface area contributed by atoms with E-state index in [9.17, 15) is 0 Å². The van der Waals surface area contributed by atoms with Gasteiger partial charge < -0.3 is 10.2 Å². The summed E-state index contributed by atoms with van der Waals surface area (Å²) >= 11 is 0. The fourth-order valence-corrected chi connectivity index (χ4v) is 2.66. The van der Waals surface area contributed by atoms with Gasteiger partial charge in [-0.3, -0.25) is 0 Å². The summed E-state index contributed by atoms with van der Waals surface area (Å²) in [7, 11) is 0. The van der Waals surface area contributed by atoms with Gasteiger partial charge in [0.1, 0.15) is 23.0 Å². The SMILES string of the molecule is CCc1c(-c2cc(C)oc2C)nn(-c2ccccc2)c1N. The number of benzene rings is 1. The first kappa shape index (κ1) is 13.5. The van der Waals surface area contributed by atoms with Crippen molar-refractivity contribution in [1.82, 2.24) is 9.78 Å². The molecule has 2 heterocycles. The standard InChI is InChI=1S/C17H19N3O/c1-4-14-16(15-10-11(2)21-12(15)3)19-20(17(14)18)13-8-6-5-7-9-13/h5-10H,4,18H2,1-3H3. The van der Waals surface area contributed by atoms with Crippen LogP contribution in [0.5, 0.6) is 0 Å². The van der Waals surface area contributed by atoms with E-state index < -0.39 is 0 Å². The Morgan fingerprint density at radius 2 is 1.90 bits per heavy atom.